The third kappa shape index (κ3) is 3.44. The number of nitrogens with one attached hydrogen (secondary N) is 1. The molecule has 1 aliphatic carbocycles. The van der Waals surface area contributed by atoms with Crippen LogP contribution in [0.15, 0.2) is 0 Å². The first-order valence-corrected chi connectivity index (χ1v) is 6.84. The lowest BCUT2D eigenvalue weighted by Crippen LogP contribution is -2.49. The molecule has 1 saturated heterocycles. The molecule has 1 heterocycles. The van der Waals surface area contributed by atoms with Gasteiger partial charge in [-0.05, 0) is 59.2 Å². The predicted molar refractivity (Wildman–Crippen MR) is 66.7 cm³/mol. The molecule has 0 aromatic carbocycles. The Bertz CT molecular complexity index is 204. The lowest BCUT2D eigenvalue weighted by molar-refractivity contribution is -0.0127. The molecule has 0 amide bonds. The summed E-state index contributed by atoms with van der Waals surface area (Å²) in [4.78, 5) is 2.45. The number of rotatable bonds is 4. The van der Waals surface area contributed by atoms with Crippen molar-refractivity contribution in [2.45, 2.75) is 57.2 Å². The minimum atomic E-state index is 0.538. The van der Waals surface area contributed by atoms with Gasteiger partial charge in [0.05, 0.1) is 6.10 Å². The highest BCUT2D eigenvalue weighted by molar-refractivity contribution is 4.89. The van der Waals surface area contributed by atoms with Crippen LogP contribution < -0.4 is 5.32 Å². The average molecular weight is 226 g/mol. The minimum Gasteiger partial charge on any atom is -0.378 e. The quantitative estimate of drug-likeness (QED) is 0.788. The van der Waals surface area contributed by atoms with Gasteiger partial charge in [0, 0.05) is 18.7 Å². The number of likely N-dealkylation sites (tertiary alicyclic amines) is 1. The molecule has 0 aromatic rings. The predicted octanol–water partition coefficient (Wildman–Crippen LogP) is 1.63. The van der Waals surface area contributed by atoms with Crippen LogP contribution in [0.5, 0.6) is 0 Å². The summed E-state index contributed by atoms with van der Waals surface area (Å²) in [6.45, 7) is 5.47. The first-order valence-electron chi connectivity index (χ1n) is 6.84. The molecule has 1 N–H and O–H groups in total. The van der Waals surface area contributed by atoms with E-state index in [1.54, 1.807) is 0 Å². The fourth-order valence-electron chi connectivity index (χ4n) is 2.81. The Balaban J connectivity index is 1.63. The van der Waals surface area contributed by atoms with Gasteiger partial charge in [0.2, 0.25) is 0 Å². The largest absolute Gasteiger partial charge is 0.378 e. The van der Waals surface area contributed by atoms with Crippen LogP contribution in [0.4, 0.5) is 0 Å². The fraction of sp³-hybridized carbons (Fsp3) is 1.00. The minimum absolute atomic E-state index is 0.538. The number of nitrogens with zero attached hydrogens (tertiary/aromatic N) is 1. The Morgan fingerprint density at radius 1 is 1.19 bits per heavy atom. The Kier molecular flexibility index (Phi) is 4.62. The highest BCUT2D eigenvalue weighted by Crippen LogP contribution is 2.25. The van der Waals surface area contributed by atoms with E-state index in [0.717, 1.165) is 18.7 Å². The second-order valence-corrected chi connectivity index (χ2v) is 5.34. The number of hydrogen-bond acceptors (Lipinski definition) is 3. The Labute approximate surface area is 99.5 Å². The van der Waals surface area contributed by atoms with Gasteiger partial charge in [0.25, 0.3) is 0 Å². The van der Waals surface area contributed by atoms with Crippen molar-refractivity contribution >= 4 is 0 Å². The van der Waals surface area contributed by atoms with Crippen LogP contribution in [0.1, 0.15) is 39.0 Å². The molecule has 1 unspecified atom stereocenters. The van der Waals surface area contributed by atoms with E-state index in [9.17, 15) is 0 Å². The molecule has 1 atom stereocenters. The van der Waals surface area contributed by atoms with Gasteiger partial charge in [-0.1, -0.05) is 0 Å². The van der Waals surface area contributed by atoms with Gasteiger partial charge in [-0.15, -0.1) is 0 Å². The standard InChI is InChI=1S/C13H26N2O/c1-3-16-13-9-12(10-13)14-11-5-4-7-15(2)8-6-11/h11-14H,3-10H2,1-2H3. The molecule has 3 nitrogen and oxygen atoms in total. The molecule has 0 bridgehead atoms. The summed E-state index contributed by atoms with van der Waals surface area (Å²) in [5.74, 6) is 0. The van der Waals surface area contributed by atoms with E-state index in [4.69, 9.17) is 4.74 Å². The van der Waals surface area contributed by atoms with Crippen LogP contribution in [-0.4, -0.2) is 49.8 Å². The van der Waals surface area contributed by atoms with E-state index in [1.807, 2.05) is 0 Å². The van der Waals surface area contributed by atoms with E-state index < -0.39 is 0 Å². The molecule has 1 saturated carbocycles. The molecule has 0 radical (unpaired) electrons. The average Bonchev–Trinajstić information content (AvgIpc) is 2.41. The van der Waals surface area contributed by atoms with Crippen LogP contribution in [0.25, 0.3) is 0 Å². The third-order valence-corrected chi connectivity index (χ3v) is 3.92. The maximum atomic E-state index is 5.59. The van der Waals surface area contributed by atoms with E-state index >= 15 is 0 Å². The molecular formula is C13H26N2O. The van der Waals surface area contributed by atoms with E-state index in [2.05, 4.69) is 24.2 Å². The van der Waals surface area contributed by atoms with Crippen molar-refractivity contribution in [3.63, 3.8) is 0 Å². The molecular weight excluding hydrogens is 200 g/mol. The van der Waals surface area contributed by atoms with E-state index in [0.29, 0.717) is 6.10 Å². The molecule has 94 valence electrons. The van der Waals surface area contributed by atoms with Crippen LogP contribution in [0, 0.1) is 0 Å². The first kappa shape index (κ1) is 12.3. The van der Waals surface area contributed by atoms with E-state index in [1.165, 1.54) is 45.2 Å². The maximum Gasteiger partial charge on any atom is 0.0604 e. The zero-order valence-electron chi connectivity index (χ0n) is 10.7. The Morgan fingerprint density at radius 2 is 2.00 bits per heavy atom. The highest BCUT2D eigenvalue weighted by atomic mass is 16.5. The van der Waals surface area contributed by atoms with Crippen LogP contribution in [-0.2, 0) is 4.74 Å². The zero-order valence-corrected chi connectivity index (χ0v) is 10.7. The van der Waals surface area contributed by atoms with Crippen LogP contribution in [0.3, 0.4) is 0 Å². The van der Waals surface area contributed by atoms with Gasteiger partial charge < -0.3 is 15.0 Å². The van der Waals surface area contributed by atoms with Gasteiger partial charge in [-0.3, -0.25) is 0 Å². The monoisotopic (exact) mass is 226 g/mol. The van der Waals surface area contributed by atoms with Crippen LogP contribution in [0.2, 0.25) is 0 Å². The van der Waals surface area contributed by atoms with Crippen molar-refractivity contribution in [3.8, 4) is 0 Å². The van der Waals surface area contributed by atoms with Crippen molar-refractivity contribution in [1.29, 1.82) is 0 Å². The molecule has 2 rings (SSSR count). The summed E-state index contributed by atoms with van der Waals surface area (Å²) in [6, 6.07) is 1.47. The Hall–Kier alpha value is -0.120. The number of hydrogen-bond donors (Lipinski definition) is 1. The molecule has 0 aromatic heterocycles. The summed E-state index contributed by atoms with van der Waals surface area (Å²) >= 11 is 0. The van der Waals surface area contributed by atoms with Gasteiger partial charge in [-0.25, -0.2) is 0 Å². The van der Waals surface area contributed by atoms with Crippen molar-refractivity contribution in [1.82, 2.24) is 10.2 Å². The lowest BCUT2D eigenvalue weighted by atomic mass is 9.88. The SMILES string of the molecule is CCOC1CC(NC2CCCN(C)CC2)C1. The molecule has 2 aliphatic rings. The smallest absolute Gasteiger partial charge is 0.0604 e. The first-order chi connectivity index (χ1) is 7.78. The van der Waals surface area contributed by atoms with Gasteiger partial charge in [0.1, 0.15) is 0 Å². The second kappa shape index (κ2) is 5.99. The van der Waals surface area contributed by atoms with Crippen molar-refractivity contribution in [2.75, 3.05) is 26.7 Å². The topological polar surface area (TPSA) is 24.5 Å². The highest BCUT2D eigenvalue weighted by Gasteiger charge is 2.31. The van der Waals surface area contributed by atoms with E-state index in [-0.39, 0.29) is 0 Å². The second-order valence-electron chi connectivity index (χ2n) is 5.34. The molecule has 1 aliphatic heterocycles. The van der Waals surface area contributed by atoms with Crippen molar-refractivity contribution in [3.05, 3.63) is 0 Å². The number of ether oxygens (including phenoxy) is 1. The van der Waals surface area contributed by atoms with Gasteiger partial charge >= 0.3 is 0 Å². The van der Waals surface area contributed by atoms with Gasteiger partial charge in [-0.2, -0.15) is 0 Å². The van der Waals surface area contributed by atoms with Crippen molar-refractivity contribution in [2.24, 2.45) is 0 Å². The van der Waals surface area contributed by atoms with Gasteiger partial charge in [0.15, 0.2) is 0 Å². The Morgan fingerprint density at radius 3 is 2.75 bits per heavy atom. The maximum absolute atomic E-state index is 5.59. The zero-order chi connectivity index (χ0) is 11.4. The molecule has 2 fully saturated rings. The molecule has 0 spiro atoms. The third-order valence-electron chi connectivity index (χ3n) is 3.92. The summed E-state index contributed by atoms with van der Waals surface area (Å²) in [5.41, 5.74) is 0. The molecule has 16 heavy (non-hydrogen) atoms. The van der Waals surface area contributed by atoms with Crippen molar-refractivity contribution < 1.29 is 4.74 Å². The van der Waals surface area contributed by atoms with Crippen LogP contribution >= 0.6 is 0 Å². The lowest BCUT2D eigenvalue weighted by Gasteiger charge is -2.38. The summed E-state index contributed by atoms with van der Waals surface area (Å²) in [5, 5.41) is 3.80. The summed E-state index contributed by atoms with van der Waals surface area (Å²) in [7, 11) is 2.23. The normalized spacial score (nSPS) is 36.8. The fourth-order valence-corrected chi connectivity index (χ4v) is 2.81. The summed E-state index contributed by atoms with van der Waals surface area (Å²) in [6.07, 6.45) is 6.98. The molecule has 3 heteroatoms. The summed E-state index contributed by atoms with van der Waals surface area (Å²) < 4.78 is 5.59.